The van der Waals surface area contributed by atoms with Crippen molar-refractivity contribution in [2.75, 3.05) is 11.9 Å². The van der Waals surface area contributed by atoms with Crippen molar-refractivity contribution in [2.24, 2.45) is 7.05 Å². The average Bonchev–Trinajstić information content (AvgIpc) is 3.43. The number of aliphatic hydroxyl groups is 1. The molecule has 39 heavy (non-hydrogen) atoms. The van der Waals surface area contributed by atoms with Gasteiger partial charge in [-0.2, -0.15) is 5.10 Å². The number of carbonyl (C=O) groups is 1. The Bertz CT molecular complexity index is 1720. The first kappa shape index (κ1) is 25.9. The zero-order valence-electron chi connectivity index (χ0n) is 21.6. The smallest absolute Gasteiger partial charge is 0.282 e. The number of anilines is 1. The second-order valence-corrected chi connectivity index (χ2v) is 9.24. The van der Waals surface area contributed by atoms with E-state index in [1.54, 1.807) is 49.8 Å². The van der Waals surface area contributed by atoms with Gasteiger partial charge in [0.15, 0.2) is 28.8 Å². The highest BCUT2D eigenvalue weighted by Gasteiger charge is 2.23. The van der Waals surface area contributed by atoms with Crippen molar-refractivity contribution >= 4 is 22.6 Å². The Balaban J connectivity index is 1.39. The molecule has 0 amide bonds. The number of carbonyl (C=O) groups excluding carboxylic acids is 1. The van der Waals surface area contributed by atoms with E-state index in [-0.39, 0.29) is 30.4 Å². The molecule has 0 aliphatic heterocycles. The van der Waals surface area contributed by atoms with Crippen molar-refractivity contribution in [2.45, 2.75) is 26.3 Å². The van der Waals surface area contributed by atoms with Gasteiger partial charge in [0.2, 0.25) is 0 Å². The lowest BCUT2D eigenvalue weighted by Crippen LogP contribution is -2.23. The zero-order chi connectivity index (χ0) is 27.7. The van der Waals surface area contributed by atoms with Gasteiger partial charge < -0.3 is 15.2 Å². The van der Waals surface area contributed by atoms with Crippen LogP contribution in [0.4, 0.5) is 10.2 Å². The lowest BCUT2D eigenvalue weighted by atomic mass is 10.0. The molecule has 5 rings (SSSR count). The fourth-order valence-corrected chi connectivity index (χ4v) is 4.41. The molecule has 200 valence electrons. The summed E-state index contributed by atoms with van der Waals surface area (Å²) in [6, 6.07) is 14.6. The number of Topliss-reactive ketones (excluding diaryl/α,β-unsaturated/α-hetero) is 1. The first-order valence-electron chi connectivity index (χ1n) is 12.3. The van der Waals surface area contributed by atoms with Crippen LogP contribution in [0, 0.1) is 12.7 Å². The predicted molar refractivity (Wildman–Crippen MR) is 144 cm³/mol. The number of nitrogens with zero attached hydrogens (tertiary/aromatic N) is 4. The Hall–Kier alpha value is -4.77. The van der Waals surface area contributed by atoms with Crippen LogP contribution in [0.2, 0.25) is 0 Å². The Morgan fingerprint density at radius 1 is 1.18 bits per heavy atom. The summed E-state index contributed by atoms with van der Waals surface area (Å²) in [6.07, 6.45) is 1.35. The van der Waals surface area contributed by atoms with Crippen LogP contribution in [-0.4, -0.2) is 48.1 Å². The van der Waals surface area contributed by atoms with Crippen LogP contribution in [0.15, 0.2) is 65.6 Å². The minimum atomic E-state index is -0.668. The molecule has 3 heterocycles. The minimum absolute atomic E-state index is 0.0524. The van der Waals surface area contributed by atoms with Crippen molar-refractivity contribution < 1.29 is 19.0 Å². The fourth-order valence-electron chi connectivity index (χ4n) is 4.41. The van der Waals surface area contributed by atoms with E-state index in [2.05, 4.69) is 20.5 Å². The molecule has 1 atom stereocenters. The van der Waals surface area contributed by atoms with Crippen molar-refractivity contribution in [1.82, 2.24) is 24.5 Å². The van der Waals surface area contributed by atoms with Gasteiger partial charge >= 0.3 is 0 Å². The monoisotopic (exact) mass is 530 g/mol. The summed E-state index contributed by atoms with van der Waals surface area (Å²) >= 11 is 0. The lowest BCUT2D eigenvalue weighted by molar-refractivity contribution is 0.0991. The topological polar surface area (TPSA) is 127 Å². The van der Waals surface area contributed by atoms with E-state index in [0.717, 1.165) is 0 Å². The van der Waals surface area contributed by atoms with E-state index in [9.17, 15) is 14.7 Å². The number of pyridine rings is 1. The highest BCUT2D eigenvalue weighted by molar-refractivity contribution is 5.98. The zero-order valence-corrected chi connectivity index (χ0v) is 21.6. The molecule has 0 radical (unpaired) electrons. The number of aromatic nitrogens is 5. The third-order valence-corrected chi connectivity index (χ3v) is 6.49. The summed E-state index contributed by atoms with van der Waals surface area (Å²) in [5.41, 5.74) is 1.65. The summed E-state index contributed by atoms with van der Waals surface area (Å²) in [5, 5.41) is 19.9. The van der Waals surface area contributed by atoms with E-state index < -0.39 is 17.2 Å². The molecule has 10 nitrogen and oxygen atoms in total. The van der Waals surface area contributed by atoms with E-state index in [4.69, 9.17) is 4.74 Å². The molecule has 3 N–H and O–H groups in total. The van der Waals surface area contributed by atoms with Crippen LogP contribution in [0.25, 0.3) is 16.7 Å². The van der Waals surface area contributed by atoms with Crippen LogP contribution < -0.4 is 15.6 Å². The lowest BCUT2D eigenvalue weighted by Gasteiger charge is -2.12. The average molecular weight is 531 g/mol. The standard InChI is InChI=1S/C28H27FN6O4/c1-16(15-36)31-27-25-23(11-12-30-26(25)32-33-27)39-22-10-9-18(13-20(22)29)14-21(37)24-17(2)34(3)35(28(24)38)19-7-5-4-6-8-19/h4-13,16,36H,14-15H2,1-3H3,(H2,30,31,32,33)/t16-/m1/s1. The number of benzene rings is 2. The number of ketones is 1. The molecule has 0 spiro atoms. The maximum absolute atomic E-state index is 15.1. The van der Waals surface area contributed by atoms with Crippen molar-refractivity contribution in [3.63, 3.8) is 0 Å². The van der Waals surface area contributed by atoms with E-state index in [1.807, 2.05) is 18.2 Å². The molecule has 5 aromatic rings. The number of halogens is 1. The second-order valence-electron chi connectivity index (χ2n) is 9.24. The number of H-pyrrole nitrogens is 1. The largest absolute Gasteiger partial charge is 0.453 e. The van der Waals surface area contributed by atoms with Crippen LogP contribution in [0.5, 0.6) is 11.5 Å². The summed E-state index contributed by atoms with van der Waals surface area (Å²) in [5.74, 6) is -0.400. The van der Waals surface area contributed by atoms with Crippen molar-refractivity contribution in [1.29, 1.82) is 0 Å². The second kappa shape index (κ2) is 10.5. The summed E-state index contributed by atoms with van der Waals surface area (Å²) < 4.78 is 24.1. The molecule has 2 aromatic carbocycles. The number of para-hydroxylation sites is 1. The van der Waals surface area contributed by atoms with Gasteiger partial charge in [-0.25, -0.2) is 14.1 Å². The Labute approximate surface area is 222 Å². The van der Waals surface area contributed by atoms with Crippen molar-refractivity contribution in [3.8, 4) is 17.2 Å². The molecule has 0 aliphatic rings. The van der Waals surface area contributed by atoms with Gasteiger partial charge in [0.1, 0.15) is 16.7 Å². The molecule has 3 aromatic heterocycles. The van der Waals surface area contributed by atoms with E-state index in [1.165, 1.54) is 23.0 Å². The van der Waals surface area contributed by atoms with Gasteiger partial charge in [0, 0.05) is 37.5 Å². The van der Waals surface area contributed by atoms with Crippen LogP contribution in [0.1, 0.15) is 28.5 Å². The number of ether oxygens (including phenoxy) is 1. The predicted octanol–water partition coefficient (Wildman–Crippen LogP) is 3.91. The van der Waals surface area contributed by atoms with Crippen LogP contribution in [0.3, 0.4) is 0 Å². The van der Waals surface area contributed by atoms with Gasteiger partial charge in [-0.05, 0) is 43.7 Å². The number of aromatic amines is 1. The molecule has 0 saturated heterocycles. The summed E-state index contributed by atoms with van der Waals surface area (Å²) in [7, 11) is 1.72. The van der Waals surface area contributed by atoms with E-state index in [0.29, 0.717) is 39.5 Å². The van der Waals surface area contributed by atoms with Gasteiger partial charge in [-0.15, -0.1) is 0 Å². The maximum Gasteiger partial charge on any atom is 0.282 e. The highest BCUT2D eigenvalue weighted by Crippen LogP contribution is 2.34. The van der Waals surface area contributed by atoms with Gasteiger partial charge in [-0.3, -0.25) is 19.4 Å². The Kier molecular flexibility index (Phi) is 6.99. The molecule has 0 unspecified atom stereocenters. The molecular formula is C28H27FN6O4. The quantitative estimate of drug-likeness (QED) is 0.247. The number of rotatable bonds is 9. The van der Waals surface area contributed by atoms with Gasteiger partial charge in [0.05, 0.1) is 12.3 Å². The maximum atomic E-state index is 15.1. The van der Waals surface area contributed by atoms with Gasteiger partial charge in [0.25, 0.3) is 5.56 Å². The minimum Gasteiger partial charge on any atom is -0.453 e. The molecule has 0 bridgehead atoms. The SMILES string of the molecule is Cc1c(C(=O)Cc2ccc(Oc3ccnc4[nH]nc(N[C@H](C)CO)c34)c(F)c2)c(=O)n(-c2ccccc2)n1C. The number of hydrogen-bond acceptors (Lipinski definition) is 7. The normalized spacial score (nSPS) is 12.0. The summed E-state index contributed by atoms with van der Waals surface area (Å²) in [4.78, 5) is 30.6. The number of nitrogens with one attached hydrogen (secondary N) is 2. The first-order chi connectivity index (χ1) is 18.8. The molecule has 0 fully saturated rings. The van der Waals surface area contributed by atoms with Crippen LogP contribution >= 0.6 is 0 Å². The molecule has 0 aliphatic carbocycles. The molecule has 0 saturated carbocycles. The Morgan fingerprint density at radius 3 is 2.67 bits per heavy atom. The van der Waals surface area contributed by atoms with Crippen LogP contribution in [-0.2, 0) is 13.5 Å². The fraction of sp³-hybridized carbons (Fsp3) is 0.214. The third kappa shape index (κ3) is 4.91. The Morgan fingerprint density at radius 2 is 1.95 bits per heavy atom. The summed E-state index contributed by atoms with van der Waals surface area (Å²) in [6.45, 7) is 3.38. The van der Waals surface area contributed by atoms with Gasteiger partial charge in [-0.1, -0.05) is 24.3 Å². The van der Waals surface area contributed by atoms with E-state index >= 15 is 4.39 Å². The number of fused-ring (bicyclic) bond motifs is 1. The molecule has 11 heteroatoms. The third-order valence-electron chi connectivity index (χ3n) is 6.49. The number of hydrogen-bond donors (Lipinski definition) is 3. The first-order valence-corrected chi connectivity index (χ1v) is 12.3. The number of aliphatic hydroxyl groups excluding tert-OH is 1. The highest BCUT2D eigenvalue weighted by atomic mass is 19.1. The van der Waals surface area contributed by atoms with Crippen molar-refractivity contribution in [3.05, 3.63) is 93.8 Å². The molecular weight excluding hydrogens is 503 g/mol.